The van der Waals surface area contributed by atoms with Crippen molar-refractivity contribution in [2.75, 3.05) is 26.0 Å². The molecule has 3 aromatic rings. The van der Waals surface area contributed by atoms with Crippen LogP contribution in [0.15, 0.2) is 84.9 Å². The van der Waals surface area contributed by atoms with Gasteiger partial charge in [-0.2, -0.15) is 0 Å². The van der Waals surface area contributed by atoms with Gasteiger partial charge in [0.2, 0.25) is 5.91 Å². The molecule has 0 radical (unpaired) electrons. The lowest BCUT2D eigenvalue weighted by molar-refractivity contribution is -0.131. The second kappa shape index (κ2) is 9.38. The molecule has 1 amide bonds. The number of carbonyl (C=O) groups excluding carboxylic acids is 1. The zero-order chi connectivity index (χ0) is 23.7. The first-order valence-electron chi connectivity index (χ1n) is 12.0. The molecule has 2 saturated heterocycles. The molecule has 0 aliphatic carbocycles. The Balaban J connectivity index is 1.53. The fraction of sp³-hybridized carbons (Fsp3) is 0.345. The number of nitrogens with zero attached hydrogens (tertiary/aromatic N) is 1. The molecule has 176 valence electrons. The van der Waals surface area contributed by atoms with Crippen LogP contribution in [0.2, 0.25) is 0 Å². The summed E-state index contributed by atoms with van der Waals surface area (Å²) in [7, 11) is 0.677. The van der Waals surface area contributed by atoms with E-state index in [9.17, 15) is 9.00 Å². The van der Waals surface area contributed by atoms with Crippen molar-refractivity contribution >= 4 is 16.7 Å². The van der Waals surface area contributed by atoms with Crippen molar-refractivity contribution in [2.24, 2.45) is 5.92 Å². The number of amides is 1. The lowest BCUT2D eigenvalue weighted by Crippen LogP contribution is -2.49. The van der Waals surface area contributed by atoms with Crippen LogP contribution >= 0.6 is 0 Å². The minimum absolute atomic E-state index is 0.0389. The number of carbonyl (C=O) groups is 1. The quantitative estimate of drug-likeness (QED) is 0.537. The SMILES string of the molecule is COc1ccccc1[C@@H](C)C(=O)N1C[C@@H]2[C@H](C1)C(c1ccccc1)(c1ccccc1)CCS2=O. The third-order valence-electron chi connectivity index (χ3n) is 7.80. The average Bonchev–Trinajstić information content (AvgIpc) is 3.36. The molecular formula is C29H31NO3S. The molecule has 5 heteroatoms. The van der Waals surface area contributed by atoms with Gasteiger partial charge in [-0.15, -0.1) is 0 Å². The lowest BCUT2D eigenvalue weighted by atomic mass is 9.63. The van der Waals surface area contributed by atoms with Gasteiger partial charge >= 0.3 is 0 Å². The number of hydrogen-bond donors (Lipinski definition) is 0. The van der Waals surface area contributed by atoms with E-state index in [-0.39, 0.29) is 28.4 Å². The first-order chi connectivity index (χ1) is 16.6. The highest BCUT2D eigenvalue weighted by Gasteiger charge is 2.55. The first kappa shape index (κ1) is 22.9. The smallest absolute Gasteiger partial charge is 0.230 e. The molecule has 2 aliphatic heterocycles. The zero-order valence-corrected chi connectivity index (χ0v) is 20.5. The van der Waals surface area contributed by atoms with Crippen molar-refractivity contribution in [3.8, 4) is 5.75 Å². The number of hydrogen-bond acceptors (Lipinski definition) is 3. The maximum absolute atomic E-state index is 13.7. The predicted molar refractivity (Wildman–Crippen MR) is 137 cm³/mol. The van der Waals surface area contributed by atoms with E-state index in [1.54, 1.807) is 7.11 Å². The fourth-order valence-corrected chi connectivity index (χ4v) is 7.93. The summed E-state index contributed by atoms with van der Waals surface area (Å²) < 4.78 is 18.8. The highest BCUT2D eigenvalue weighted by Crippen LogP contribution is 2.50. The van der Waals surface area contributed by atoms with Crippen molar-refractivity contribution in [2.45, 2.75) is 29.9 Å². The van der Waals surface area contributed by atoms with Gasteiger partial charge in [0.1, 0.15) is 5.75 Å². The van der Waals surface area contributed by atoms with Crippen LogP contribution in [0.1, 0.15) is 36.0 Å². The van der Waals surface area contributed by atoms with Gasteiger partial charge in [-0.25, -0.2) is 0 Å². The van der Waals surface area contributed by atoms with Crippen molar-refractivity contribution in [3.63, 3.8) is 0 Å². The van der Waals surface area contributed by atoms with Crippen LogP contribution in [0.3, 0.4) is 0 Å². The van der Waals surface area contributed by atoms with E-state index in [1.807, 2.05) is 48.2 Å². The molecule has 4 nitrogen and oxygen atoms in total. The predicted octanol–water partition coefficient (Wildman–Crippen LogP) is 4.76. The normalized spacial score (nSPS) is 24.3. The molecule has 0 saturated carbocycles. The molecular weight excluding hydrogens is 442 g/mol. The Labute approximate surface area is 204 Å². The topological polar surface area (TPSA) is 46.6 Å². The highest BCUT2D eigenvalue weighted by molar-refractivity contribution is 7.85. The van der Waals surface area contributed by atoms with Crippen molar-refractivity contribution < 1.29 is 13.7 Å². The molecule has 3 aromatic carbocycles. The minimum atomic E-state index is -0.959. The first-order valence-corrected chi connectivity index (χ1v) is 13.3. The van der Waals surface area contributed by atoms with Gasteiger partial charge in [0.05, 0.1) is 18.3 Å². The Kier molecular flexibility index (Phi) is 6.30. The van der Waals surface area contributed by atoms with Crippen molar-refractivity contribution in [1.29, 1.82) is 0 Å². The standard InChI is InChI=1S/C29H31NO3S/c1-21(24-15-9-10-16-26(24)33-2)28(31)30-19-25-27(20-30)34(32)18-17-29(25,22-11-5-3-6-12-22)23-13-7-4-8-14-23/h3-16,21,25,27H,17-20H2,1-2H3/t21-,25+,27-,34?/m1/s1. The van der Waals surface area contributed by atoms with Gasteiger partial charge in [-0.05, 0) is 30.5 Å². The molecule has 1 unspecified atom stereocenters. The summed E-state index contributed by atoms with van der Waals surface area (Å²) in [5.74, 6) is 1.22. The summed E-state index contributed by atoms with van der Waals surface area (Å²) in [6, 6.07) is 28.9. The summed E-state index contributed by atoms with van der Waals surface area (Å²) in [5.41, 5.74) is 3.13. The second-order valence-corrected chi connectivity index (χ2v) is 11.2. The Bertz CT molecular complexity index is 1140. The van der Waals surface area contributed by atoms with Crippen LogP contribution < -0.4 is 4.74 Å². The Morgan fingerprint density at radius 1 is 0.941 bits per heavy atom. The van der Waals surface area contributed by atoms with Gasteiger partial charge in [0.15, 0.2) is 0 Å². The van der Waals surface area contributed by atoms with Crippen LogP contribution in [0.5, 0.6) is 5.75 Å². The molecule has 2 fully saturated rings. The summed E-state index contributed by atoms with van der Waals surface area (Å²) in [6.45, 7) is 3.09. The van der Waals surface area contributed by atoms with Crippen LogP contribution in [-0.2, 0) is 21.0 Å². The van der Waals surface area contributed by atoms with Crippen LogP contribution in [0.4, 0.5) is 0 Å². The van der Waals surface area contributed by atoms with Gasteiger partial charge in [0.25, 0.3) is 0 Å². The van der Waals surface area contributed by atoms with Gasteiger partial charge in [-0.1, -0.05) is 78.9 Å². The van der Waals surface area contributed by atoms with E-state index in [2.05, 4.69) is 48.5 Å². The summed E-state index contributed by atoms with van der Waals surface area (Å²) in [5, 5.41) is -0.0389. The largest absolute Gasteiger partial charge is 0.496 e. The molecule has 2 heterocycles. The molecule has 0 aromatic heterocycles. The Morgan fingerprint density at radius 3 is 2.15 bits per heavy atom. The third kappa shape index (κ3) is 3.76. The molecule has 0 N–H and O–H groups in total. The van der Waals surface area contributed by atoms with Gasteiger partial charge in [0, 0.05) is 46.5 Å². The van der Waals surface area contributed by atoms with E-state index in [0.29, 0.717) is 18.8 Å². The number of fused-ring (bicyclic) bond motifs is 1. The lowest BCUT2D eigenvalue weighted by Gasteiger charge is -2.45. The minimum Gasteiger partial charge on any atom is -0.496 e. The third-order valence-corrected chi connectivity index (χ3v) is 9.56. The van der Waals surface area contributed by atoms with E-state index in [4.69, 9.17) is 4.74 Å². The highest BCUT2D eigenvalue weighted by atomic mass is 32.2. The molecule has 34 heavy (non-hydrogen) atoms. The monoisotopic (exact) mass is 473 g/mol. The Morgan fingerprint density at radius 2 is 1.53 bits per heavy atom. The number of benzene rings is 3. The molecule has 5 rings (SSSR count). The zero-order valence-electron chi connectivity index (χ0n) is 19.7. The van der Waals surface area contributed by atoms with Crippen molar-refractivity contribution in [1.82, 2.24) is 4.90 Å². The number of rotatable bonds is 5. The molecule has 4 atom stereocenters. The second-order valence-electron chi connectivity index (χ2n) is 9.39. The van der Waals surface area contributed by atoms with E-state index in [1.165, 1.54) is 11.1 Å². The van der Waals surface area contributed by atoms with E-state index in [0.717, 1.165) is 17.7 Å². The van der Waals surface area contributed by atoms with Crippen LogP contribution in [-0.4, -0.2) is 46.2 Å². The van der Waals surface area contributed by atoms with E-state index >= 15 is 0 Å². The summed E-state index contributed by atoms with van der Waals surface area (Å²) >= 11 is 0. The number of methoxy groups -OCH3 is 1. The van der Waals surface area contributed by atoms with Crippen LogP contribution in [0.25, 0.3) is 0 Å². The number of para-hydroxylation sites is 1. The molecule has 2 aliphatic rings. The maximum atomic E-state index is 13.7. The van der Waals surface area contributed by atoms with Gasteiger partial charge < -0.3 is 9.64 Å². The Hall–Kier alpha value is -2.92. The maximum Gasteiger partial charge on any atom is 0.230 e. The number of likely N-dealkylation sites (tertiary alicyclic amines) is 1. The molecule has 0 bridgehead atoms. The van der Waals surface area contributed by atoms with Crippen molar-refractivity contribution in [3.05, 3.63) is 102 Å². The van der Waals surface area contributed by atoms with Gasteiger partial charge in [-0.3, -0.25) is 9.00 Å². The summed E-state index contributed by atoms with van der Waals surface area (Å²) in [6.07, 6.45) is 0.818. The molecule has 0 spiro atoms. The summed E-state index contributed by atoms with van der Waals surface area (Å²) in [4.78, 5) is 15.7. The van der Waals surface area contributed by atoms with E-state index < -0.39 is 10.8 Å². The fourth-order valence-electron chi connectivity index (χ4n) is 6.08. The average molecular weight is 474 g/mol. The number of ether oxygens (including phenoxy) is 1. The van der Waals surface area contributed by atoms with Crippen LogP contribution in [0, 0.1) is 5.92 Å².